The third kappa shape index (κ3) is 3.06. The third-order valence-electron chi connectivity index (χ3n) is 2.43. The molecule has 2 N–H and O–H groups in total. The maximum atomic E-state index is 10.8. The number of nitro groups is 1. The Balaban J connectivity index is 2.16. The van der Waals surface area contributed by atoms with Gasteiger partial charge in [0.25, 0.3) is 5.69 Å². The first-order valence-electron chi connectivity index (χ1n) is 5.49. The van der Waals surface area contributed by atoms with Crippen LogP contribution in [0.1, 0.15) is 5.56 Å². The summed E-state index contributed by atoms with van der Waals surface area (Å²) in [4.78, 5) is 10.3. The van der Waals surface area contributed by atoms with Gasteiger partial charge in [0.05, 0.1) is 22.4 Å². The number of nitrogens with one attached hydrogen (secondary N) is 1. The van der Waals surface area contributed by atoms with E-state index < -0.39 is 4.92 Å². The molecule has 19 heavy (non-hydrogen) atoms. The van der Waals surface area contributed by atoms with E-state index >= 15 is 0 Å². The van der Waals surface area contributed by atoms with Gasteiger partial charge in [-0.1, -0.05) is 24.3 Å². The van der Waals surface area contributed by atoms with E-state index in [1.54, 1.807) is 36.4 Å². The van der Waals surface area contributed by atoms with Crippen LogP contribution in [0.15, 0.2) is 53.6 Å². The molecule has 0 amide bonds. The van der Waals surface area contributed by atoms with Crippen molar-refractivity contribution in [1.82, 2.24) is 0 Å². The Hall–Kier alpha value is -2.89. The summed E-state index contributed by atoms with van der Waals surface area (Å²) in [6.45, 7) is 0. The molecule has 2 aromatic rings. The summed E-state index contributed by atoms with van der Waals surface area (Å²) in [5.41, 5.74) is 3.41. The highest BCUT2D eigenvalue weighted by Gasteiger charge is 2.09. The van der Waals surface area contributed by atoms with E-state index in [-0.39, 0.29) is 11.4 Å². The second-order valence-electron chi connectivity index (χ2n) is 3.70. The Labute approximate surface area is 109 Å². The highest BCUT2D eigenvalue weighted by atomic mass is 16.6. The standard InChI is InChI=1S/C13H11N3O3/c17-13-8-4-2-6-11(13)15-14-9-10-5-1-3-7-12(10)16(18)19/h1-9,15,17H/b14-9+. The fourth-order valence-corrected chi connectivity index (χ4v) is 1.50. The molecular formula is C13H11N3O3. The minimum absolute atomic E-state index is 0.0228. The van der Waals surface area contributed by atoms with Crippen molar-refractivity contribution in [3.05, 3.63) is 64.2 Å². The predicted octanol–water partition coefficient (Wildman–Crippen LogP) is 2.75. The number of nitro benzene ring substituents is 1. The van der Waals surface area contributed by atoms with E-state index in [4.69, 9.17) is 0 Å². The minimum atomic E-state index is -0.471. The van der Waals surface area contributed by atoms with Gasteiger partial charge in [-0.25, -0.2) is 0 Å². The van der Waals surface area contributed by atoms with Crippen LogP contribution in [-0.2, 0) is 0 Å². The highest BCUT2D eigenvalue weighted by molar-refractivity contribution is 5.85. The summed E-state index contributed by atoms with van der Waals surface area (Å²) in [6.07, 6.45) is 1.34. The summed E-state index contributed by atoms with van der Waals surface area (Å²) in [5, 5.41) is 24.2. The van der Waals surface area contributed by atoms with Crippen LogP contribution in [0, 0.1) is 10.1 Å². The number of hydrazone groups is 1. The van der Waals surface area contributed by atoms with E-state index in [0.29, 0.717) is 11.3 Å². The van der Waals surface area contributed by atoms with Crippen LogP contribution in [0.25, 0.3) is 0 Å². The normalized spacial score (nSPS) is 10.5. The summed E-state index contributed by atoms with van der Waals surface area (Å²) in [5.74, 6) is 0.0576. The molecular weight excluding hydrogens is 246 g/mol. The van der Waals surface area contributed by atoms with Crippen molar-refractivity contribution in [3.63, 3.8) is 0 Å². The SMILES string of the molecule is O=[N+]([O-])c1ccccc1/C=N/Nc1ccccc1O. The number of rotatable bonds is 4. The number of phenols is 1. The van der Waals surface area contributed by atoms with Gasteiger partial charge in [0.15, 0.2) is 0 Å². The van der Waals surface area contributed by atoms with Crippen molar-refractivity contribution in [2.75, 3.05) is 5.43 Å². The lowest BCUT2D eigenvalue weighted by atomic mass is 10.2. The van der Waals surface area contributed by atoms with Crippen LogP contribution in [0.5, 0.6) is 5.75 Å². The van der Waals surface area contributed by atoms with Gasteiger partial charge in [-0.3, -0.25) is 15.5 Å². The van der Waals surface area contributed by atoms with Gasteiger partial charge in [0.2, 0.25) is 0 Å². The molecule has 0 radical (unpaired) electrons. The van der Waals surface area contributed by atoms with E-state index in [0.717, 1.165) is 0 Å². The van der Waals surface area contributed by atoms with Crippen molar-refractivity contribution in [2.24, 2.45) is 5.10 Å². The summed E-state index contributed by atoms with van der Waals surface area (Å²) in [7, 11) is 0. The van der Waals surface area contributed by atoms with Crippen LogP contribution in [0.3, 0.4) is 0 Å². The zero-order valence-electron chi connectivity index (χ0n) is 9.85. The zero-order valence-corrected chi connectivity index (χ0v) is 9.85. The number of phenolic OH excluding ortho intramolecular Hbond substituents is 1. The molecule has 0 unspecified atom stereocenters. The Morgan fingerprint density at radius 3 is 2.58 bits per heavy atom. The van der Waals surface area contributed by atoms with E-state index in [2.05, 4.69) is 10.5 Å². The highest BCUT2D eigenvalue weighted by Crippen LogP contribution is 2.21. The van der Waals surface area contributed by atoms with Gasteiger partial charge in [-0.15, -0.1) is 0 Å². The molecule has 0 heterocycles. The topological polar surface area (TPSA) is 87.8 Å². The Bertz CT molecular complexity index is 626. The lowest BCUT2D eigenvalue weighted by molar-refractivity contribution is -0.385. The van der Waals surface area contributed by atoms with Crippen molar-refractivity contribution >= 4 is 17.6 Å². The van der Waals surface area contributed by atoms with Crippen molar-refractivity contribution in [2.45, 2.75) is 0 Å². The molecule has 0 saturated heterocycles. The number of hydrogen-bond acceptors (Lipinski definition) is 5. The Morgan fingerprint density at radius 2 is 1.84 bits per heavy atom. The number of benzene rings is 2. The molecule has 0 aliphatic carbocycles. The minimum Gasteiger partial charge on any atom is -0.506 e. The quantitative estimate of drug-likeness (QED) is 0.381. The van der Waals surface area contributed by atoms with Crippen LogP contribution >= 0.6 is 0 Å². The molecule has 2 aromatic carbocycles. The maximum absolute atomic E-state index is 10.8. The lowest BCUT2D eigenvalue weighted by Crippen LogP contribution is -1.96. The summed E-state index contributed by atoms with van der Waals surface area (Å²) in [6, 6.07) is 12.9. The number of anilines is 1. The lowest BCUT2D eigenvalue weighted by Gasteiger charge is -2.02. The second kappa shape index (κ2) is 5.63. The Kier molecular flexibility index (Phi) is 3.72. The van der Waals surface area contributed by atoms with Crippen molar-refractivity contribution in [3.8, 4) is 5.75 Å². The monoisotopic (exact) mass is 257 g/mol. The smallest absolute Gasteiger partial charge is 0.278 e. The van der Waals surface area contributed by atoms with Gasteiger partial charge in [-0.2, -0.15) is 5.10 Å². The van der Waals surface area contributed by atoms with Crippen molar-refractivity contribution in [1.29, 1.82) is 0 Å². The number of nitrogens with zero attached hydrogens (tertiary/aromatic N) is 2. The van der Waals surface area contributed by atoms with E-state index in [1.807, 2.05) is 0 Å². The van der Waals surface area contributed by atoms with E-state index in [1.165, 1.54) is 18.3 Å². The molecule has 0 aromatic heterocycles. The van der Waals surface area contributed by atoms with Crippen LogP contribution in [0.2, 0.25) is 0 Å². The molecule has 96 valence electrons. The maximum Gasteiger partial charge on any atom is 0.278 e. The second-order valence-corrected chi connectivity index (χ2v) is 3.70. The zero-order chi connectivity index (χ0) is 13.7. The fraction of sp³-hybridized carbons (Fsp3) is 0. The predicted molar refractivity (Wildman–Crippen MR) is 72.4 cm³/mol. The van der Waals surface area contributed by atoms with Gasteiger partial charge >= 0.3 is 0 Å². The number of para-hydroxylation sites is 3. The first-order valence-corrected chi connectivity index (χ1v) is 5.49. The van der Waals surface area contributed by atoms with Crippen LogP contribution in [0.4, 0.5) is 11.4 Å². The molecule has 2 rings (SSSR count). The van der Waals surface area contributed by atoms with Crippen molar-refractivity contribution < 1.29 is 10.0 Å². The first kappa shape index (κ1) is 12.6. The average molecular weight is 257 g/mol. The molecule has 0 bridgehead atoms. The molecule has 6 heteroatoms. The number of hydrogen-bond donors (Lipinski definition) is 2. The van der Waals surface area contributed by atoms with E-state index in [9.17, 15) is 15.2 Å². The third-order valence-corrected chi connectivity index (χ3v) is 2.43. The van der Waals surface area contributed by atoms with Gasteiger partial charge in [0, 0.05) is 6.07 Å². The Morgan fingerprint density at radius 1 is 1.16 bits per heavy atom. The van der Waals surface area contributed by atoms with Gasteiger partial charge < -0.3 is 5.11 Å². The van der Waals surface area contributed by atoms with Gasteiger partial charge in [-0.05, 0) is 18.2 Å². The molecule has 0 saturated carbocycles. The number of aromatic hydroxyl groups is 1. The molecule has 0 aliphatic heterocycles. The fourth-order valence-electron chi connectivity index (χ4n) is 1.50. The molecule has 6 nitrogen and oxygen atoms in total. The molecule has 0 fully saturated rings. The largest absolute Gasteiger partial charge is 0.506 e. The van der Waals surface area contributed by atoms with Crippen LogP contribution < -0.4 is 5.43 Å². The summed E-state index contributed by atoms with van der Waals surface area (Å²) >= 11 is 0. The van der Waals surface area contributed by atoms with Crippen LogP contribution in [-0.4, -0.2) is 16.2 Å². The average Bonchev–Trinajstić information content (AvgIpc) is 2.41. The first-order chi connectivity index (χ1) is 9.18. The molecule has 0 aliphatic rings. The molecule has 0 atom stereocenters. The molecule has 0 spiro atoms. The summed E-state index contributed by atoms with van der Waals surface area (Å²) < 4.78 is 0. The van der Waals surface area contributed by atoms with Gasteiger partial charge in [0.1, 0.15) is 5.75 Å².